The average Bonchev–Trinajstić information content (AvgIpc) is 3.48. The molecule has 2 aromatic rings. The van der Waals surface area contributed by atoms with Crippen LogP contribution in [0.3, 0.4) is 0 Å². The van der Waals surface area contributed by atoms with Gasteiger partial charge in [-0.25, -0.2) is 0 Å². The number of carbonyl (C=O) groups excluding carboxylic acids is 2. The molecule has 2 amide bonds. The van der Waals surface area contributed by atoms with Crippen LogP contribution in [0.1, 0.15) is 29.4 Å². The molecule has 8 nitrogen and oxygen atoms in total. The van der Waals surface area contributed by atoms with Gasteiger partial charge in [-0.15, -0.1) is 11.8 Å². The number of rotatable bonds is 4. The molecule has 2 aliphatic carbocycles. The number of H-pyrrole nitrogens is 1. The summed E-state index contributed by atoms with van der Waals surface area (Å²) in [5.41, 5.74) is 0. The van der Waals surface area contributed by atoms with Gasteiger partial charge in [0.2, 0.25) is 11.8 Å². The van der Waals surface area contributed by atoms with E-state index in [0.717, 1.165) is 22.1 Å². The summed E-state index contributed by atoms with van der Waals surface area (Å²) in [5.74, 6) is -1.43. The lowest BCUT2D eigenvalue weighted by atomic mass is 9.69. The van der Waals surface area contributed by atoms with Crippen molar-refractivity contribution in [3.63, 3.8) is 0 Å². The van der Waals surface area contributed by atoms with E-state index in [1.54, 1.807) is 18.0 Å². The van der Waals surface area contributed by atoms with Gasteiger partial charge in [0.15, 0.2) is 0 Å². The Balaban J connectivity index is 1.40. The van der Waals surface area contributed by atoms with Crippen molar-refractivity contribution in [1.29, 1.82) is 0 Å². The molecule has 30 heavy (non-hydrogen) atoms. The number of hydrogen-bond donors (Lipinski definition) is 2. The van der Waals surface area contributed by atoms with E-state index in [9.17, 15) is 19.2 Å². The first-order valence-corrected chi connectivity index (χ1v) is 11.7. The van der Waals surface area contributed by atoms with Crippen molar-refractivity contribution < 1.29 is 23.9 Å². The summed E-state index contributed by atoms with van der Waals surface area (Å²) in [5, 5.41) is 9.94. The van der Waals surface area contributed by atoms with E-state index in [1.165, 1.54) is 16.2 Å². The molecule has 156 valence electrons. The van der Waals surface area contributed by atoms with Crippen LogP contribution in [0, 0.1) is 29.6 Å². The minimum Gasteiger partial charge on any atom is -0.481 e. The highest BCUT2D eigenvalue weighted by molar-refractivity contribution is 8.00. The first-order valence-electron chi connectivity index (χ1n) is 9.95. The number of thiazole rings is 1. The van der Waals surface area contributed by atoms with Crippen molar-refractivity contribution in [1.82, 2.24) is 9.88 Å². The van der Waals surface area contributed by atoms with Crippen LogP contribution >= 0.6 is 23.1 Å². The zero-order valence-corrected chi connectivity index (χ0v) is 17.3. The Morgan fingerprint density at radius 3 is 2.70 bits per heavy atom. The molecule has 0 radical (unpaired) electrons. The van der Waals surface area contributed by atoms with Crippen LogP contribution < -0.4 is 4.87 Å². The van der Waals surface area contributed by atoms with Crippen molar-refractivity contribution in [2.24, 2.45) is 29.6 Å². The molecule has 2 bridgehead atoms. The predicted molar refractivity (Wildman–Crippen MR) is 106 cm³/mol. The number of nitrogens with zero attached hydrogens (tertiary/aromatic N) is 1. The van der Waals surface area contributed by atoms with Crippen molar-refractivity contribution in [3.05, 3.63) is 38.7 Å². The van der Waals surface area contributed by atoms with Crippen molar-refractivity contribution >= 4 is 40.9 Å². The Kier molecular flexibility index (Phi) is 3.89. The molecular weight excluding hydrogens is 428 g/mol. The molecule has 0 unspecified atom stereocenters. The standard InChI is InChI=1S/C20H18N2O6S2/c23-10(24)3-4-22-18(25)12-7-6-8(13(12)19(22)26)15-11(7)14(9-2-1-5-28-9)16-17(29-15)21-20(27)30-16/h1-2,5,7-8,11-15H,3-4,6H2,(H,21,27)(H,23,24)/t7-,8-,11+,12+,13-,14-,15+/m1/s1. The van der Waals surface area contributed by atoms with E-state index < -0.39 is 11.9 Å². The molecule has 7 atom stereocenters. The lowest BCUT2D eigenvalue weighted by Crippen LogP contribution is -2.42. The third kappa shape index (κ3) is 2.34. The van der Waals surface area contributed by atoms with E-state index in [-0.39, 0.29) is 64.5 Å². The monoisotopic (exact) mass is 446 g/mol. The fourth-order valence-corrected chi connectivity index (χ4v) is 9.16. The topological polar surface area (TPSA) is 121 Å². The molecule has 4 aliphatic rings. The lowest BCUT2D eigenvalue weighted by molar-refractivity contribution is -0.142. The summed E-state index contributed by atoms with van der Waals surface area (Å²) in [6.45, 7) is -0.0653. The van der Waals surface area contributed by atoms with Crippen LogP contribution in [-0.4, -0.2) is 44.6 Å². The maximum atomic E-state index is 13.1. The van der Waals surface area contributed by atoms with Crippen LogP contribution in [0.5, 0.6) is 0 Å². The molecule has 3 fully saturated rings. The van der Waals surface area contributed by atoms with E-state index in [0.29, 0.717) is 0 Å². The highest BCUT2D eigenvalue weighted by Crippen LogP contribution is 2.68. The highest BCUT2D eigenvalue weighted by atomic mass is 32.2. The normalized spacial score (nSPS) is 36.1. The van der Waals surface area contributed by atoms with E-state index in [2.05, 4.69) is 4.98 Å². The van der Waals surface area contributed by atoms with Crippen LogP contribution in [0.4, 0.5) is 0 Å². The van der Waals surface area contributed by atoms with E-state index in [4.69, 9.17) is 9.52 Å². The van der Waals surface area contributed by atoms with Gasteiger partial charge in [-0.1, -0.05) is 11.3 Å². The Hall–Kier alpha value is -2.33. The molecule has 2 aromatic heterocycles. The second-order valence-corrected chi connectivity index (χ2v) is 10.7. The Morgan fingerprint density at radius 1 is 1.23 bits per heavy atom. The number of furan rings is 1. The van der Waals surface area contributed by atoms with Crippen LogP contribution in [0.2, 0.25) is 0 Å². The van der Waals surface area contributed by atoms with Crippen molar-refractivity contribution in [2.45, 2.75) is 29.0 Å². The number of aromatic nitrogens is 1. The Morgan fingerprint density at radius 2 is 2.00 bits per heavy atom. The summed E-state index contributed by atoms with van der Waals surface area (Å²) in [6, 6.07) is 3.74. The molecule has 6 rings (SSSR count). The quantitative estimate of drug-likeness (QED) is 0.689. The number of carbonyl (C=O) groups is 3. The zero-order valence-electron chi connectivity index (χ0n) is 15.6. The van der Waals surface area contributed by atoms with Gasteiger partial charge in [-0.3, -0.25) is 24.1 Å². The summed E-state index contributed by atoms with van der Waals surface area (Å²) >= 11 is 2.81. The second-order valence-electron chi connectivity index (χ2n) is 8.45. The minimum atomic E-state index is -1.02. The number of fused-ring (bicyclic) bond motifs is 9. The molecule has 2 N–H and O–H groups in total. The number of amides is 2. The van der Waals surface area contributed by atoms with E-state index >= 15 is 0 Å². The van der Waals surface area contributed by atoms with Gasteiger partial charge in [0.25, 0.3) is 0 Å². The van der Waals surface area contributed by atoms with Gasteiger partial charge in [0, 0.05) is 11.8 Å². The van der Waals surface area contributed by atoms with E-state index in [1.807, 2.05) is 12.1 Å². The number of aliphatic carboxylic acids is 1. The fourth-order valence-electron chi connectivity index (χ4n) is 6.29. The number of carboxylic acids is 1. The number of carboxylic acid groups (broad SMARTS) is 1. The number of nitrogens with one attached hydrogen (secondary N) is 1. The molecular formula is C20H18N2O6S2. The first kappa shape index (κ1) is 18.4. The van der Waals surface area contributed by atoms with Gasteiger partial charge in [-0.05, 0) is 36.3 Å². The number of imide groups is 1. The lowest BCUT2D eigenvalue weighted by Gasteiger charge is -2.42. The number of hydrogen-bond acceptors (Lipinski definition) is 7. The van der Waals surface area contributed by atoms with Crippen molar-refractivity contribution in [3.8, 4) is 0 Å². The molecule has 10 heteroatoms. The Labute approximate surface area is 178 Å². The van der Waals surface area contributed by atoms with Gasteiger partial charge >= 0.3 is 10.8 Å². The maximum Gasteiger partial charge on any atom is 0.305 e. The third-order valence-corrected chi connectivity index (χ3v) is 9.80. The molecule has 1 saturated heterocycles. The maximum absolute atomic E-state index is 13.1. The van der Waals surface area contributed by atoms with Crippen LogP contribution in [0.25, 0.3) is 0 Å². The van der Waals surface area contributed by atoms with Gasteiger partial charge in [0.05, 0.1) is 40.3 Å². The summed E-state index contributed by atoms with van der Waals surface area (Å²) in [7, 11) is 0. The molecule has 2 saturated carbocycles. The Bertz CT molecular complexity index is 1120. The first-order chi connectivity index (χ1) is 14.5. The number of likely N-dealkylation sites (tertiary alicyclic amines) is 1. The van der Waals surface area contributed by atoms with Gasteiger partial charge in [0.1, 0.15) is 5.76 Å². The smallest absolute Gasteiger partial charge is 0.305 e. The molecule has 0 aromatic carbocycles. The summed E-state index contributed by atoms with van der Waals surface area (Å²) < 4.78 is 5.75. The summed E-state index contributed by atoms with van der Waals surface area (Å²) in [6.07, 6.45) is 2.19. The zero-order chi connectivity index (χ0) is 20.7. The predicted octanol–water partition coefficient (Wildman–Crippen LogP) is 1.98. The highest BCUT2D eigenvalue weighted by Gasteiger charge is 2.69. The number of thioether (sulfide) groups is 1. The summed E-state index contributed by atoms with van der Waals surface area (Å²) in [4.78, 5) is 54.2. The van der Waals surface area contributed by atoms with Crippen molar-refractivity contribution in [2.75, 3.05) is 6.54 Å². The second kappa shape index (κ2) is 6.34. The largest absolute Gasteiger partial charge is 0.481 e. The van der Waals surface area contributed by atoms with Crippen LogP contribution in [-0.2, 0) is 14.4 Å². The van der Waals surface area contributed by atoms with Gasteiger partial charge in [-0.2, -0.15) is 0 Å². The third-order valence-electron chi connectivity index (χ3n) is 7.21. The average molecular weight is 447 g/mol. The molecule has 0 spiro atoms. The number of aromatic amines is 1. The fraction of sp³-hybridized carbons (Fsp3) is 0.500. The SMILES string of the molecule is O=C(O)CCN1C(=O)[C@@H]2[C@H]3C[C@@H]([C@@H]2C1=O)[C@H]1[C@@H](c2ccco2)c2sc(=O)[nH]c2S[C@@H]31. The molecule has 4 heterocycles. The van der Waals surface area contributed by atoms with Crippen LogP contribution in [0.15, 0.2) is 32.6 Å². The minimum absolute atomic E-state index is 0.0178. The molecule has 2 aliphatic heterocycles. The van der Waals surface area contributed by atoms with Gasteiger partial charge < -0.3 is 14.5 Å².